The van der Waals surface area contributed by atoms with E-state index in [0.717, 1.165) is 17.4 Å². The molecule has 1 amide bonds. The Morgan fingerprint density at radius 3 is 3.00 bits per heavy atom. The fourth-order valence-corrected chi connectivity index (χ4v) is 2.81. The Balaban J connectivity index is 1.90. The van der Waals surface area contributed by atoms with E-state index in [2.05, 4.69) is 21.8 Å². The number of aryl methyl sites for hydroxylation is 1. The van der Waals surface area contributed by atoms with Crippen LogP contribution in [0, 0.1) is 0 Å². The monoisotopic (exact) mass is 328 g/mol. The van der Waals surface area contributed by atoms with Crippen LogP contribution in [0.15, 0.2) is 48.9 Å². The number of thiazole rings is 1. The Morgan fingerprint density at radius 1 is 1.43 bits per heavy atom. The Bertz CT molecular complexity index is 804. The summed E-state index contributed by atoms with van der Waals surface area (Å²) in [5.41, 5.74) is 1.64. The average molecular weight is 328 g/mol. The van der Waals surface area contributed by atoms with Crippen molar-refractivity contribution in [2.75, 3.05) is 4.90 Å². The van der Waals surface area contributed by atoms with Gasteiger partial charge in [-0.3, -0.25) is 14.4 Å². The van der Waals surface area contributed by atoms with Crippen molar-refractivity contribution in [1.29, 1.82) is 0 Å². The fourth-order valence-electron chi connectivity index (χ4n) is 2.23. The van der Waals surface area contributed by atoms with Crippen LogP contribution in [0.1, 0.15) is 12.6 Å². The van der Waals surface area contributed by atoms with Crippen molar-refractivity contribution in [3.63, 3.8) is 0 Å². The summed E-state index contributed by atoms with van der Waals surface area (Å²) in [6.45, 7) is 6.75. The minimum atomic E-state index is -0.187. The lowest BCUT2D eigenvalue weighted by Crippen LogP contribution is -2.29. The molecule has 0 aromatic carbocycles. The highest BCUT2D eigenvalue weighted by Crippen LogP contribution is 2.20. The predicted octanol–water partition coefficient (Wildman–Crippen LogP) is 2.26. The zero-order chi connectivity index (χ0) is 16.2. The van der Waals surface area contributed by atoms with Crippen molar-refractivity contribution in [2.24, 2.45) is 0 Å². The molecule has 118 valence electrons. The number of aromatic nitrogens is 5. The zero-order valence-corrected chi connectivity index (χ0v) is 13.5. The van der Waals surface area contributed by atoms with E-state index in [4.69, 9.17) is 0 Å². The molecule has 0 bridgehead atoms. The molecule has 3 rings (SSSR count). The zero-order valence-electron chi connectivity index (χ0n) is 12.7. The van der Waals surface area contributed by atoms with Crippen molar-refractivity contribution in [3.05, 3.63) is 54.6 Å². The topological polar surface area (TPSA) is 68.8 Å². The molecule has 0 saturated carbocycles. The average Bonchev–Trinajstić information content (AvgIpc) is 3.31. The van der Waals surface area contributed by atoms with E-state index < -0.39 is 0 Å². The molecule has 3 aromatic rings. The van der Waals surface area contributed by atoms with Gasteiger partial charge < -0.3 is 0 Å². The third-order valence-corrected chi connectivity index (χ3v) is 4.12. The van der Waals surface area contributed by atoms with Gasteiger partial charge >= 0.3 is 0 Å². The van der Waals surface area contributed by atoms with Crippen LogP contribution < -0.4 is 4.90 Å². The minimum Gasteiger partial charge on any atom is -0.300 e. The van der Waals surface area contributed by atoms with Gasteiger partial charge in [0.05, 0.1) is 30.3 Å². The Labute approximate surface area is 137 Å². The molecule has 0 atom stereocenters. The summed E-state index contributed by atoms with van der Waals surface area (Å²) >= 11 is 1.48. The maximum absolute atomic E-state index is 12.3. The molecule has 0 N–H and O–H groups in total. The number of carbonyl (C=O) groups is 1. The van der Waals surface area contributed by atoms with Crippen molar-refractivity contribution in [1.82, 2.24) is 24.5 Å². The van der Waals surface area contributed by atoms with Gasteiger partial charge in [-0.2, -0.15) is 10.2 Å². The summed E-state index contributed by atoms with van der Waals surface area (Å²) in [4.78, 5) is 18.1. The van der Waals surface area contributed by atoms with Crippen LogP contribution in [0.2, 0.25) is 0 Å². The first-order valence-electron chi connectivity index (χ1n) is 7.12. The third kappa shape index (κ3) is 3.07. The van der Waals surface area contributed by atoms with E-state index in [-0.39, 0.29) is 5.91 Å². The first-order valence-corrected chi connectivity index (χ1v) is 8.00. The van der Waals surface area contributed by atoms with Gasteiger partial charge in [-0.25, -0.2) is 9.67 Å². The lowest BCUT2D eigenvalue weighted by molar-refractivity contribution is -0.114. The largest absolute Gasteiger partial charge is 0.300 e. The highest BCUT2D eigenvalue weighted by atomic mass is 32.1. The summed E-state index contributed by atoms with van der Waals surface area (Å²) in [5.74, 6) is -0.187. The van der Waals surface area contributed by atoms with Gasteiger partial charge in [0, 0.05) is 24.3 Å². The second-order valence-corrected chi connectivity index (χ2v) is 5.60. The summed E-state index contributed by atoms with van der Waals surface area (Å²) in [6.07, 6.45) is 8.18. The number of hydrogen-bond donors (Lipinski definition) is 0. The molecule has 0 aliphatic rings. The van der Waals surface area contributed by atoms with Crippen molar-refractivity contribution in [2.45, 2.75) is 20.0 Å². The molecule has 3 aromatic heterocycles. The maximum atomic E-state index is 12.3. The van der Waals surface area contributed by atoms with Crippen LogP contribution in [-0.2, 0) is 17.9 Å². The third-order valence-electron chi connectivity index (χ3n) is 3.36. The Hall–Kier alpha value is -2.74. The molecule has 0 unspecified atom stereocenters. The second-order valence-electron chi connectivity index (χ2n) is 4.72. The lowest BCUT2D eigenvalue weighted by atomic mass is 10.3. The quantitative estimate of drug-likeness (QED) is 0.651. The number of carbonyl (C=O) groups excluding carboxylic acids is 1. The SMILES string of the molecule is C=CC(=O)N(Cc1ccnn1CC)c1cnn(-c2nccs2)c1. The lowest BCUT2D eigenvalue weighted by Gasteiger charge is -2.19. The smallest absolute Gasteiger partial charge is 0.250 e. The van der Waals surface area contributed by atoms with E-state index in [9.17, 15) is 4.79 Å². The van der Waals surface area contributed by atoms with Crippen LogP contribution in [-0.4, -0.2) is 30.5 Å². The number of anilines is 1. The Kier molecular flexibility index (Phi) is 4.33. The van der Waals surface area contributed by atoms with E-state index in [0.29, 0.717) is 12.2 Å². The molecule has 23 heavy (non-hydrogen) atoms. The minimum absolute atomic E-state index is 0.187. The molecule has 0 saturated heterocycles. The molecular weight excluding hydrogens is 312 g/mol. The first-order chi connectivity index (χ1) is 11.2. The van der Waals surface area contributed by atoms with E-state index in [1.165, 1.54) is 17.4 Å². The summed E-state index contributed by atoms with van der Waals surface area (Å²) in [5, 5.41) is 11.1. The highest BCUT2D eigenvalue weighted by Gasteiger charge is 2.18. The van der Waals surface area contributed by atoms with Crippen molar-refractivity contribution < 1.29 is 4.79 Å². The van der Waals surface area contributed by atoms with Crippen LogP contribution in [0.5, 0.6) is 0 Å². The summed E-state index contributed by atoms with van der Waals surface area (Å²) in [6, 6.07) is 1.90. The molecule has 0 aliphatic carbocycles. The van der Waals surface area contributed by atoms with E-state index >= 15 is 0 Å². The maximum Gasteiger partial charge on any atom is 0.250 e. The van der Waals surface area contributed by atoms with E-state index in [1.54, 1.807) is 34.4 Å². The fraction of sp³-hybridized carbons (Fsp3) is 0.200. The molecule has 0 fully saturated rings. The van der Waals surface area contributed by atoms with Crippen LogP contribution in [0.4, 0.5) is 5.69 Å². The molecule has 7 nitrogen and oxygen atoms in total. The Morgan fingerprint density at radius 2 is 2.30 bits per heavy atom. The highest BCUT2D eigenvalue weighted by molar-refractivity contribution is 7.12. The molecule has 8 heteroatoms. The second kappa shape index (κ2) is 6.57. The van der Waals surface area contributed by atoms with Crippen LogP contribution in [0.3, 0.4) is 0 Å². The number of nitrogens with zero attached hydrogens (tertiary/aromatic N) is 6. The first kappa shape index (κ1) is 15.2. The van der Waals surface area contributed by atoms with Gasteiger partial charge in [0.2, 0.25) is 5.13 Å². The molecule has 0 aliphatic heterocycles. The van der Waals surface area contributed by atoms with Gasteiger partial charge in [-0.05, 0) is 19.1 Å². The predicted molar refractivity (Wildman–Crippen MR) is 88.5 cm³/mol. The summed E-state index contributed by atoms with van der Waals surface area (Å²) in [7, 11) is 0. The number of rotatable bonds is 6. The van der Waals surface area contributed by atoms with Gasteiger partial charge in [0.25, 0.3) is 5.91 Å². The normalized spacial score (nSPS) is 10.7. The van der Waals surface area contributed by atoms with Crippen LogP contribution in [0.25, 0.3) is 5.13 Å². The summed E-state index contributed by atoms with van der Waals surface area (Å²) < 4.78 is 3.51. The van der Waals surface area contributed by atoms with Gasteiger partial charge in [0.1, 0.15) is 0 Å². The van der Waals surface area contributed by atoms with Crippen molar-refractivity contribution >= 4 is 22.9 Å². The number of hydrogen-bond acceptors (Lipinski definition) is 5. The standard InChI is InChI=1S/C15H16N6OS/c1-3-14(22)19(10-12-5-6-17-20(12)4-2)13-9-18-21(11-13)15-16-7-8-23-15/h3,5-9,11H,1,4,10H2,2H3. The van der Waals surface area contributed by atoms with Gasteiger partial charge in [-0.1, -0.05) is 6.58 Å². The van der Waals surface area contributed by atoms with Crippen LogP contribution >= 0.6 is 11.3 Å². The molecule has 0 spiro atoms. The molecule has 3 heterocycles. The van der Waals surface area contributed by atoms with E-state index in [1.807, 2.05) is 23.1 Å². The number of amides is 1. The van der Waals surface area contributed by atoms with Gasteiger partial charge in [-0.15, -0.1) is 11.3 Å². The van der Waals surface area contributed by atoms with Crippen molar-refractivity contribution in [3.8, 4) is 5.13 Å². The molecular formula is C15H16N6OS. The molecule has 0 radical (unpaired) electrons. The van der Waals surface area contributed by atoms with Gasteiger partial charge in [0.15, 0.2) is 0 Å².